The van der Waals surface area contributed by atoms with E-state index in [0.717, 1.165) is 19.3 Å². The molecule has 0 aromatic heterocycles. The third-order valence-electron chi connectivity index (χ3n) is 8.75. The lowest BCUT2D eigenvalue weighted by atomic mass is 9.76. The van der Waals surface area contributed by atoms with Gasteiger partial charge < -0.3 is 24.0 Å². The Balaban J connectivity index is 2.63. The highest BCUT2D eigenvalue weighted by Gasteiger charge is 2.34. The van der Waals surface area contributed by atoms with Gasteiger partial charge in [0.2, 0.25) is 11.8 Å². The molecule has 1 aliphatic carbocycles. The highest BCUT2D eigenvalue weighted by atomic mass is 16.6. The number of carbonyl (C=O) groups is 5. The minimum atomic E-state index is -0.451. The summed E-state index contributed by atoms with van der Waals surface area (Å²) in [6, 6.07) is 0. The summed E-state index contributed by atoms with van der Waals surface area (Å²) in [6.07, 6.45) is 6.68. The molecule has 6 unspecified atom stereocenters. The Hall–Kier alpha value is -2.49. The van der Waals surface area contributed by atoms with E-state index in [2.05, 4.69) is 0 Å². The number of amides is 2. The number of ether oxygens (including phenoxy) is 3. The molecule has 0 radical (unpaired) electrons. The topological polar surface area (TPSA) is 120 Å². The molecule has 0 bridgehead atoms. The molecule has 0 heterocycles. The van der Waals surface area contributed by atoms with Gasteiger partial charge in [-0.2, -0.15) is 0 Å². The molecular formula is C33H58N2O8. The van der Waals surface area contributed by atoms with Crippen molar-refractivity contribution < 1.29 is 38.2 Å². The highest BCUT2D eigenvalue weighted by molar-refractivity contribution is 5.80. The first kappa shape index (κ1) is 38.5. The van der Waals surface area contributed by atoms with Gasteiger partial charge in [-0.1, -0.05) is 53.4 Å². The van der Waals surface area contributed by atoms with Gasteiger partial charge in [-0.15, -0.1) is 0 Å². The normalized spacial score (nSPS) is 17.7. The van der Waals surface area contributed by atoms with Crippen molar-refractivity contribution in [3.63, 3.8) is 0 Å². The van der Waals surface area contributed by atoms with E-state index >= 15 is 0 Å². The molecular weight excluding hydrogens is 552 g/mol. The van der Waals surface area contributed by atoms with Gasteiger partial charge >= 0.3 is 11.9 Å². The molecule has 43 heavy (non-hydrogen) atoms. The molecule has 248 valence electrons. The van der Waals surface area contributed by atoms with Crippen molar-refractivity contribution in [1.82, 2.24) is 9.80 Å². The lowest BCUT2D eigenvalue weighted by Crippen LogP contribution is -2.33. The highest BCUT2D eigenvalue weighted by Crippen LogP contribution is 2.39. The summed E-state index contributed by atoms with van der Waals surface area (Å²) in [7, 11) is 6.80. The molecule has 0 aromatic carbocycles. The average molecular weight is 611 g/mol. The van der Waals surface area contributed by atoms with Gasteiger partial charge in [0, 0.05) is 45.9 Å². The van der Waals surface area contributed by atoms with E-state index in [1.165, 1.54) is 17.7 Å². The average Bonchev–Trinajstić information content (AvgIpc) is 3.49. The largest absolute Gasteiger partial charge is 0.463 e. The van der Waals surface area contributed by atoms with Crippen molar-refractivity contribution in [1.29, 1.82) is 0 Å². The summed E-state index contributed by atoms with van der Waals surface area (Å²) in [6.45, 7) is 9.39. The smallest absolute Gasteiger partial charge is 0.309 e. The van der Waals surface area contributed by atoms with Crippen LogP contribution in [0.3, 0.4) is 0 Å². The number of hydrogen-bond acceptors (Lipinski definition) is 8. The van der Waals surface area contributed by atoms with E-state index in [1.54, 1.807) is 53.9 Å². The van der Waals surface area contributed by atoms with Gasteiger partial charge in [0.15, 0.2) is 0 Å². The van der Waals surface area contributed by atoms with Crippen LogP contribution in [0.4, 0.5) is 0 Å². The number of ketones is 1. The van der Waals surface area contributed by atoms with Crippen LogP contribution in [-0.4, -0.2) is 94.0 Å². The maximum absolute atomic E-state index is 13.3. The van der Waals surface area contributed by atoms with Crippen LogP contribution in [-0.2, 0) is 38.2 Å². The fraction of sp³-hybridized carbons (Fsp3) is 0.848. The van der Waals surface area contributed by atoms with Crippen molar-refractivity contribution in [2.45, 2.75) is 86.0 Å². The molecule has 1 aliphatic rings. The van der Waals surface area contributed by atoms with Crippen LogP contribution < -0.4 is 0 Å². The van der Waals surface area contributed by atoms with Crippen LogP contribution in [0, 0.1) is 41.4 Å². The van der Waals surface area contributed by atoms with Gasteiger partial charge in [-0.05, 0) is 44.4 Å². The third kappa shape index (κ3) is 14.2. The zero-order valence-corrected chi connectivity index (χ0v) is 28.2. The van der Waals surface area contributed by atoms with E-state index in [0.29, 0.717) is 25.2 Å². The van der Waals surface area contributed by atoms with Crippen molar-refractivity contribution in [2.75, 3.05) is 54.6 Å². The van der Waals surface area contributed by atoms with Gasteiger partial charge in [-0.3, -0.25) is 24.0 Å². The Bertz CT molecular complexity index is 899. The van der Waals surface area contributed by atoms with Gasteiger partial charge in [0.05, 0.1) is 25.0 Å². The first-order valence-corrected chi connectivity index (χ1v) is 16.0. The Kier molecular flexibility index (Phi) is 17.7. The number of esters is 2. The van der Waals surface area contributed by atoms with Gasteiger partial charge in [0.1, 0.15) is 19.0 Å². The molecule has 0 N–H and O–H groups in total. The summed E-state index contributed by atoms with van der Waals surface area (Å²) >= 11 is 0. The van der Waals surface area contributed by atoms with Gasteiger partial charge in [-0.25, -0.2) is 0 Å². The summed E-state index contributed by atoms with van der Waals surface area (Å²) in [5.41, 5.74) is 0. The minimum Gasteiger partial charge on any atom is -0.463 e. The predicted octanol–water partition coefficient (Wildman–Crippen LogP) is 4.38. The quantitative estimate of drug-likeness (QED) is 0.147. The van der Waals surface area contributed by atoms with Crippen molar-refractivity contribution in [3.8, 4) is 0 Å². The van der Waals surface area contributed by atoms with Crippen molar-refractivity contribution in [3.05, 3.63) is 0 Å². The summed E-state index contributed by atoms with van der Waals surface area (Å²) in [5.74, 6) is -1.48. The fourth-order valence-electron chi connectivity index (χ4n) is 6.09. The maximum atomic E-state index is 13.3. The molecule has 1 fully saturated rings. The SMILES string of the molecule is CC(=O)C(C)CC(CC(CC(C)C(=O)N(C)C)C(=O)OCCOCCOC(=O)C(C)CC(C)C(=O)N(C)C)C1CCCC1. The minimum absolute atomic E-state index is 0.0294. The van der Waals surface area contributed by atoms with Gasteiger partial charge in [0.25, 0.3) is 0 Å². The number of nitrogens with zero attached hydrogens (tertiary/aromatic N) is 2. The van der Waals surface area contributed by atoms with E-state index in [-0.39, 0.29) is 79.6 Å². The zero-order valence-electron chi connectivity index (χ0n) is 28.2. The van der Waals surface area contributed by atoms with Crippen LogP contribution in [0.15, 0.2) is 0 Å². The van der Waals surface area contributed by atoms with E-state index in [4.69, 9.17) is 14.2 Å². The van der Waals surface area contributed by atoms with E-state index < -0.39 is 11.8 Å². The summed E-state index contributed by atoms with van der Waals surface area (Å²) in [5, 5.41) is 0. The Morgan fingerprint density at radius 3 is 1.60 bits per heavy atom. The summed E-state index contributed by atoms with van der Waals surface area (Å²) in [4.78, 5) is 65.4. The third-order valence-corrected chi connectivity index (χ3v) is 8.75. The van der Waals surface area contributed by atoms with Crippen LogP contribution in [0.2, 0.25) is 0 Å². The fourth-order valence-corrected chi connectivity index (χ4v) is 6.09. The molecule has 6 atom stereocenters. The molecule has 0 aliphatic heterocycles. The molecule has 10 nitrogen and oxygen atoms in total. The monoisotopic (exact) mass is 610 g/mol. The predicted molar refractivity (Wildman–Crippen MR) is 165 cm³/mol. The molecule has 1 rings (SSSR count). The number of Topliss-reactive ketones (excluding diaryl/α,β-unsaturated/α-hetero) is 1. The second-order valence-electron chi connectivity index (χ2n) is 13.1. The Labute approximate surface area is 259 Å². The molecule has 1 saturated carbocycles. The van der Waals surface area contributed by atoms with Crippen molar-refractivity contribution in [2.24, 2.45) is 41.4 Å². The van der Waals surface area contributed by atoms with E-state index in [9.17, 15) is 24.0 Å². The Morgan fingerprint density at radius 1 is 0.628 bits per heavy atom. The maximum Gasteiger partial charge on any atom is 0.309 e. The Morgan fingerprint density at radius 2 is 1.12 bits per heavy atom. The van der Waals surface area contributed by atoms with Crippen LogP contribution >= 0.6 is 0 Å². The van der Waals surface area contributed by atoms with E-state index in [1.807, 2.05) is 13.8 Å². The second-order valence-corrected chi connectivity index (χ2v) is 13.1. The zero-order chi connectivity index (χ0) is 32.7. The first-order chi connectivity index (χ1) is 20.1. The summed E-state index contributed by atoms with van der Waals surface area (Å²) < 4.78 is 16.4. The first-order valence-electron chi connectivity index (χ1n) is 16.0. The molecule has 0 saturated heterocycles. The second kappa shape index (κ2) is 19.7. The lowest BCUT2D eigenvalue weighted by molar-refractivity contribution is -0.152. The molecule has 2 amide bonds. The van der Waals surface area contributed by atoms with Crippen LogP contribution in [0.5, 0.6) is 0 Å². The number of rotatable bonds is 20. The van der Waals surface area contributed by atoms with Crippen molar-refractivity contribution >= 4 is 29.5 Å². The number of carbonyl (C=O) groups excluding carboxylic acids is 5. The standard InChI is InChI=1S/C33H58N2O8/c1-22(26(5)36)19-28(27-12-10-11-13-27)21-29(20-24(3)31(38)35(8)9)33(40)43-17-15-41-14-16-42-32(39)25(4)18-23(2)30(37)34(6)7/h22-25,27-29H,10-21H2,1-9H3. The molecule has 10 heteroatoms. The van der Waals surface area contributed by atoms with Crippen LogP contribution in [0.25, 0.3) is 0 Å². The lowest BCUT2D eigenvalue weighted by Gasteiger charge is -2.30. The van der Waals surface area contributed by atoms with Crippen LogP contribution in [0.1, 0.15) is 86.0 Å². The molecule has 0 spiro atoms. The number of hydrogen-bond donors (Lipinski definition) is 0. The molecule has 0 aromatic rings.